The number of aryl methyl sites for hydroxylation is 1. The van der Waals surface area contributed by atoms with Gasteiger partial charge in [0.2, 0.25) is 0 Å². The highest BCUT2D eigenvalue weighted by molar-refractivity contribution is 6.05. The zero-order valence-corrected chi connectivity index (χ0v) is 15.5. The summed E-state index contributed by atoms with van der Waals surface area (Å²) >= 11 is 0. The van der Waals surface area contributed by atoms with Crippen molar-refractivity contribution in [3.63, 3.8) is 0 Å². The lowest BCUT2D eigenvalue weighted by molar-refractivity contribution is 0.102. The molecule has 0 saturated heterocycles. The van der Waals surface area contributed by atoms with E-state index in [9.17, 15) is 4.79 Å². The highest BCUT2D eigenvalue weighted by Gasteiger charge is 2.10. The van der Waals surface area contributed by atoms with Crippen molar-refractivity contribution >= 4 is 23.0 Å². The Morgan fingerprint density at radius 2 is 1.78 bits per heavy atom. The van der Waals surface area contributed by atoms with E-state index in [1.807, 2.05) is 55.5 Å². The van der Waals surface area contributed by atoms with Gasteiger partial charge in [-0.2, -0.15) is 0 Å². The molecule has 3 rings (SSSR count). The number of anilines is 3. The third-order valence-corrected chi connectivity index (χ3v) is 4.10. The molecule has 1 aromatic heterocycles. The maximum Gasteiger partial charge on any atom is 0.257 e. The van der Waals surface area contributed by atoms with E-state index in [0.29, 0.717) is 12.2 Å². The summed E-state index contributed by atoms with van der Waals surface area (Å²) < 4.78 is 5.44. The largest absolute Gasteiger partial charge is 0.494 e. The van der Waals surface area contributed by atoms with Crippen LogP contribution < -0.4 is 15.4 Å². The van der Waals surface area contributed by atoms with E-state index in [4.69, 9.17) is 4.74 Å². The van der Waals surface area contributed by atoms with Gasteiger partial charge in [0.05, 0.1) is 24.1 Å². The van der Waals surface area contributed by atoms with Crippen molar-refractivity contribution in [3.8, 4) is 5.75 Å². The summed E-state index contributed by atoms with van der Waals surface area (Å²) in [5, 5.41) is 6.22. The number of nitrogens with one attached hydrogen (secondary N) is 2. The van der Waals surface area contributed by atoms with Gasteiger partial charge in [0, 0.05) is 17.6 Å². The molecule has 1 heterocycles. The number of para-hydroxylation sites is 1. The molecule has 3 aromatic rings. The molecule has 0 saturated carbocycles. The summed E-state index contributed by atoms with van der Waals surface area (Å²) in [4.78, 5) is 16.8. The maximum absolute atomic E-state index is 12.6. The Kier molecular flexibility index (Phi) is 6.05. The summed E-state index contributed by atoms with van der Waals surface area (Å²) in [6.07, 6.45) is 4.11. The summed E-state index contributed by atoms with van der Waals surface area (Å²) in [6.45, 7) is 4.65. The monoisotopic (exact) mass is 361 g/mol. The Balaban J connectivity index is 1.72. The third kappa shape index (κ3) is 4.85. The summed E-state index contributed by atoms with van der Waals surface area (Å²) in [7, 11) is 0. The van der Waals surface area contributed by atoms with Gasteiger partial charge in [-0.1, -0.05) is 25.1 Å². The first-order valence-electron chi connectivity index (χ1n) is 9.03. The fraction of sp³-hybridized carbons (Fsp3) is 0.182. The fourth-order valence-electron chi connectivity index (χ4n) is 2.75. The Bertz CT molecular complexity index is 907. The number of carbonyl (C=O) groups excluding carboxylic acids is 1. The molecule has 5 nitrogen and oxygen atoms in total. The predicted molar refractivity (Wildman–Crippen MR) is 109 cm³/mol. The first-order chi connectivity index (χ1) is 13.2. The Morgan fingerprint density at radius 3 is 2.52 bits per heavy atom. The van der Waals surface area contributed by atoms with Gasteiger partial charge >= 0.3 is 0 Å². The predicted octanol–water partition coefficient (Wildman–Crippen LogP) is 5.04. The first kappa shape index (κ1) is 18.5. The number of benzene rings is 2. The number of carbonyl (C=O) groups is 1. The van der Waals surface area contributed by atoms with E-state index in [-0.39, 0.29) is 5.91 Å². The Hall–Kier alpha value is -3.34. The Labute approximate surface area is 159 Å². The first-order valence-corrected chi connectivity index (χ1v) is 9.03. The van der Waals surface area contributed by atoms with Gasteiger partial charge in [-0.25, -0.2) is 0 Å². The molecule has 0 atom stereocenters. The molecule has 5 heteroatoms. The lowest BCUT2D eigenvalue weighted by Gasteiger charge is -2.11. The maximum atomic E-state index is 12.6. The van der Waals surface area contributed by atoms with Crippen LogP contribution in [0.5, 0.6) is 5.75 Å². The van der Waals surface area contributed by atoms with Crippen molar-refractivity contribution in [3.05, 3.63) is 78.1 Å². The number of rotatable bonds is 7. The minimum absolute atomic E-state index is 0.182. The van der Waals surface area contributed by atoms with Crippen LogP contribution in [0.3, 0.4) is 0 Å². The number of pyridine rings is 1. The molecule has 0 fully saturated rings. The number of hydrogen-bond donors (Lipinski definition) is 2. The number of amides is 1. The molecule has 27 heavy (non-hydrogen) atoms. The van der Waals surface area contributed by atoms with Gasteiger partial charge in [-0.3, -0.25) is 9.78 Å². The van der Waals surface area contributed by atoms with E-state index >= 15 is 0 Å². The van der Waals surface area contributed by atoms with Crippen molar-refractivity contribution in [1.29, 1.82) is 0 Å². The minimum Gasteiger partial charge on any atom is -0.494 e. The summed E-state index contributed by atoms with van der Waals surface area (Å²) in [6, 6.07) is 17.2. The highest BCUT2D eigenvalue weighted by Crippen LogP contribution is 2.21. The van der Waals surface area contributed by atoms with E-state index < -0.39 is 0 Å². The SMILES string of the molecule is CCOc1ccc(Nc2cncc(C(=O)Nc3ccccc3CC)c2)cc1. The molecule has 0 radical (unpaired) electrons. The highest BCUT2D eigenvalue weighted by atomic mass is 16.5. The normalized spacial score (nSPS) is 10.3. The summed E-state index contributed by atoms with van der Waals surface area (Å²) in [5.41, 5.74) is 4.07. The second-order valence-electron chi connectivity index (χ2n) is 6.01. The van der Waals surface area contributed by atoms with Crippen LogP contribution in [0.1, 0.15) is 29.8 Å². The average molecular weight is 361 g/mol. The van der Waals surface area contributed by atoms with E-state index in [0.717, 1.165) is 34.8 Å². The molecule has 2 aromatic carbocycles. The summed E-state index contributed by atoms with van der Waals surface area (Å²) in [5.74, 6) is 0.641. The van der Waals surface area contributed by atoms with Gasteiger partial charge in [0.25, 0.3) is 5.91 Å². The molecule has 2 N–H and O–H groups in total. The van der Waals surface area contributed by atoms with Crippen molar-refractivity contribution in [2.24, 2.45) is 0 Å². The van der Waals surface area contributed by atoms with Gasteiger partial charge in [-0.15, -0.1) is 0 Å². The lowest BCUT2D eigenvalue weighted by atomic mass is 10.1. The second-order valence-corrected chi connectivity index (χ2v) is 6.01. The van der Waals surface area contributed by atoms with E-state index in [2.05, 4.69) is 22.5 Å². The van der Waals surface area contributed by atoms with Crippen LogP contribution in [0.4, 0.5) is 17.1 Å². The lowest BCUT2D eigenvalue weighted by Crippen LogP contribution is -2.13. The van der Waals surface area contributed by atoms with Crippen LogP contribution in [-0.4, -0.2) is 17.5 Å². The molecule has 0 aliphatic heterocycles. The van der Waals surface area contributed by atoms with Gasteiger partial charge < -0.3 is 15.4 Å². The molecule has 0 aliphatic rings. The molecule has 1 amide bonds. The molecule has 0 aliphatic carbocycles. The second kappa shape index (κ2) is 8.85. The third-order valence-electron chi connectivity index (χ3n) is 4.10. The van der Waals surface area contributed by atoms with Crippen molar-refractivity contribution < 1.29 is 9.53 Å². The van der Waals surface area contributed by atoms with Crippen LogP contribution in [0.15, 0.2) is 67.0 Å². The van der Waals surface area contributed by atoms with Crippen LogP contribution in [0, 0.1) is 0 Å². The zero-order valence-electron chi connectivity index (χ0n) is 15.5. The van der Waals surface area contributed by atoms with Crippen LogP contribution >= 0.6 is 0 Å². The zero-order chi connectivity index (χ0) is 19.1. The van der Waals surface area contributed by atoms with Gasteiger partial charge in [-0.05, 0) is 55.3 Å². The smallest absolute Gasteiger partial charge is 0.257 e. The van der Waals surface area contributed by atoms with E-state index in [1.165, 1.54) is 0 Å². The Morgan fingerprint density at radius 1 is 1.00 bits per heavy atom. The average Bonchev–Trinajstić information content (AvgIpc) is 2.70. The molecule has 138 valence electrons. The van der Waals surface area contributed by atoms with Crippen LogP contribution in [0.2, 0.25) is 0 Å². The standard InChI is InChI=1S/C22H23N3O2/c1-3-16-7-5-6-8-21(16)25-22(26)17-13-19(15-23-14-17)24-18-9-11-20(12-10-18)27-4-2/h5-15,24H,3-4H2,1-2H3,(H,25,26). The molecule has 0 unspecified atom stereocenters. The number of aromatic nitrogens is 1. The molecular weight excluding hydrogens is 338 g/mol. The molecule has 0 spiro atoms. The van der Waals surface area contributed by atoms with Crippen LogP contribution in [-0.2, 0) is 6.42 Å². The molecular formula is C22H23N3O2. The number of nitrogens with zero attached hydrogens (tertiary/aromatic N) is 1. The van der Waals surface area contributed by atoms with E-state index in [1.54, 1.807) is 18.5 Å². The number of hydrogen-bond acceptors (Lipinski definition) is 4. The molecule has 0 bridgehead atoms. The van der Waals surface area contributed by atoms with Crippen molar-refractivity contribution in [1.82, 2.24) is 4.98 Å². The van der Waals surface area contributed by atoms with Crippen LogP contribution in [0.25, 0.3) is 0 Å². The van der Waals surface area contributed by atoms with Crippen molar-refractivity contribution in [2.45, 2.75) is 20.3 Å². The van der Waals surface area contributed by atoms with Gasteiger partial charge in [0.1, 0.15) is 5.75 Å². The fourth-order valence-corrected chi connectivity index (χ4v) is 2.75. The quantitative estimate of drug-likeness (QED) is 0.619. The minimum atomic E-state index is -0.182. The topological polar surface area (TPSA) is 63.2 Å². The van der Waals surface area contributed by atoms with Crippen molar-refractivity contribution in [2.75, 3.05) is 17.2 Å². The van der Waals surface area contributed by atoms with Gasteiger partial charge in [0.15, 0.2) is 0 Å². The number of ether oxygens (including phenoxy) is 1.